The standard InChI is InChI=1S/C23H26N2O3/c26-21-10-8-17(9-11-21)18-5-3-6-19(15-18)22(27)25-14-4-7-20(16-25)23(28)24-12-1-2-13-24/h3,5-6,8-11,15,20,26H,1-2,4,7,12-14,16H2/t20-/m1/s1. The van der Waals surface area contributed by atoms with Crippen molar-refractivity contribution in [1.29, 1.82) is 0 Å². The van der Waals surface area contributed by atoms with Crippen molar-refractivity contribution in [2.75, 3.05) is 26.2 Å². The summed E-state index contributed by atoms with van der Waals surface area (Å²) in [5.41, 5.74) is 2.53. The van der Waals surface area contributed by atoms with Crippen LogP contribution in [-0.2, 0) is 4.79 Å². The fraction of sp³-hybridized carbons (Fsp3) is 0.391. The number of amides is 2. The van der Waals surface area contributed by atoms with Gasteiger partial charge in [-0.3, -0.25) is 9.59 Å². The first-order valence-electron chi connectivity index (χ1n) is 10.1. The molecule has 5 heteroatoms. The van der Waals surface area contributed by atoms with Crippen LogP contribution in [0.5, 0.6) is 5.75 Å². The van der Waals surface area contributed by atoms with Crippen molar-refractivity contribution < 1.29 is 14.7 Å². The molecular formula is C23H26N2O3. The number of phenolic OH excluding ortho intramolecular Hbond substituents is 1. The molecule has 0 saturated carbocycles. The highest BCUT2D eigenvalue weighted by Crippen LogP contribution is 2.26. The van der Waals surface area contributed by atoms with Gasteiger partial charge in [0.1, 0.15) is 5.75 Å². The Kier molecular flexibility index (Phi) is 5.33. The maximum atomic E-state index is 13.1. The molecule has 5 nitrogen and oxygen atoms in total. The summed E-state index contributed by atoms with van der Waals surface area (Å²) in [6.07, 6.45) is 3.91. The molecule has 2 aliphatic rings. The van der Waals surface area contributed by atoms with E-state index >= 15 is 0 Å². The van der Waals surface area contributed by atoms with Gasteiger partial charge < -0.3 is 14.9 Å². The summed E-state index contributed by atoms with van der Waals surface area (Å²) in [5, 5.41) is 9.47. The van der Waals surface area contributed by atoms with E-state index in [2.05, 4.69) is 0 Å². The third kappa shape index (κ3) is 3.88. The number of nitrogens with zero attached hydrogens (tertiary/aromatic N) is 2. The highest BCUT2D eigenvalue weighted by molar-refractivity contribution is 5.96. The molecule has 0 aromatic heterocycles. The van der Waals surface area contributed by atoms with Crippen LogP contribution in [0.1, 0.15) is 36.0 Å². The Morgan fingerprint density at radius 3 is 2.32 bits per heavy atom. The summed E-state index contributed by atoms with van der Waals surface area (Å²) in [6.45, 7) is 2.93. The molecule has 0 spiro atoms. The minimum atomic E-state index is -0.0731. The normalized spacial score (nSPS) is 19.6. The number of carbonyl (C=O) groups excluding carboxylic acids is 2. The maximum absolute atomic E-state index is 13.1. The molecular weight excluding hydrogens is 352 g/mol. The fourth-order valence-electron chi connectivity index (χ4n) is 4.23. The van der Waals surface area contributed by atoms with E-state index in [0.717, 1.165) is 49.9 Å². The van der Waals surface area contributed by atoms with Crippen LogP contribution in [-0.4, -0.2) is 52.9 Å². The van der Waals surface area contributed by atoms with Crippen LogP contribution in [0.3, 0.4) is 0 Å². The van der Waals surface area contributed by atoms with E-state index in [4.69, 9.17) is 0 Å². The lowest BCUT2D eigenvalue weighted by molar-refractivity contribution is -0.135. The number of rotatable bonds is 3. The van der Waals surface area contributed by atoms with E-state index in [9.17, 15) is 14.7 Å². The summed E-state index contributed by atoms with van der Waals surface area (Å²) in [5.74, 6) is 0.349. The van der Waals surface area contributed by atoms with Crippen molar-refractivity contribution in [3.8, 4) is 16.9 Å². The summed E-state index contributed by atoms with van der Waals surface area (Å²) in [7, 11) is 0. The Morgan fingerprint density at radius 2 is 1.57 bits per heavy atom. The zero-order valence-electron chi connectivity index (χ0n) is 16.0. The molecule has 2 amide bonds. The fourth-order valence-corrected chi connectivity index (χ4v) is 4.23. The highest BCUT2D eigenvalue weighted by atomic mass is 16.3. The van der Waals surface area contributed by atoms with Crippen molar-refractivity contribution in [3.63, 3.8) is 0 Å². The predicted molar refractivity (Wildman–Crippen MR) is 108 cm³/mol. The van der Waals surface area contributed by atoms with E-state index in [1.165, 1.54) is 0 Å². The molecule has 0 aliphatic carbocycles. The number of hydrogen-bond donors (Lipinski definition) is 1. The smallest absolute Gasteiger partial charge is 0.253 e. The molecule has 2 aromatic carbocycles. The minimum Gasteiger partial charge on any atom is -0.508 e. The molecule has 0 bridgehead atoms. The van der Waals surface area contributed by atoms with Gasteiger partial charge in [-0.15, -0.1) is 0 Å². The van der Waals surface area contributed by atoms with Crippen molar-refractivity contribution >= 4 is 11.8 Å². The molecule has 1 atom stereocenters. The second-order valence-electron chi connectivity index (χ2n) is 7.75. The van der Waals surface area contributed by atoms with Crippen molar-refractivity contribution in [2.45, 2.75) is 25.7 Å². The predicted octanol–water partition coefficient (Wildman–Crippen LogP) is 3.53. The largest absolute Gasteiger partial charge is 0.508 e. The first kappa shape index (κ1) is 18.5. The molecule has 2 fully saturated rings. The van der Waals surface area contributed by atoms with Gasteiger partial charge in [-0.2, -0.15) is 0 Å². The SMILES string of the molecule is O=C(c1cccc(-c2ccc(O)cc2)c1)N1CCC[C@@H](C(=O)N2CCCC2)C1. The molecule has 2 saturated heterocycles. The number of phenols is 1. The summed E-state index contributed by atoms with van der Waals surface area (Å²) in [4.78, 5) is 29.6. The van der Waals surface area contributed by atoms with Gasteiger partial charge in [0.15, 0.2) is 0 Å². The number of piperidine rings is 1. The van der Waals surface area contributed by atoms with E-state index in [-0.39, 0.29) is 23.5 Å². The van der Waals surface area contributed by atoms with Gasteiger partial charge >= 0.3 is 0 Å². The number of benzene rings is 2. The minimum absolute atomic E-state index is 0.0143. The molecule has 0 unspecified atom stereocenters. The Bertz CT molecular complexity index is 856. The van der Waals surface area contributed by atoms with Crippen molar-refractivity contribution in [2.24, 2.45) is 5.92 Å². The monoisotopic (exact) mass is 378 g/mol. The van der Waals surface area contributed by atoms with Crippen LogP contribution < -0.4 is 0 Å². The molecule has 146 valence electrons. The van der Waals surface area contributed by atoms with Crippen LogP contribution in [0.2, 0.25) is 0 Å². The molecule has 0 radical (unpaired) electrons. The maximum Gasteiger partial charge on any atom is 0.253 e. The lowest BCUT2D eigenvalue weighted by atomic mass is 9.95. The average Bonchev–Trinajstić information content (AvgIpc) is 3.28. The van der Waals surface area contributed by atoms with Crippen LogP contribution >= 0.6 is 0 Å². The van der Waals surface area contributed by atoms with Gasteiger partial charge in [0.2, 0.25) is 5.91 Å². The Labute approximate surface area is 165 Å². The Morgan fingerprint density at radius 1 is 0.857 bits per heavy atom. The first-order valence-corrected chi connectivity index (χ1v) is 10.1. The number of likely N-dealkylation sites (tertiary alicyclic amines) is 2. The number of aromatic hydroxyl groups is 1. The third-order valence-corrected chi connectivity index (χ3v) is 5.79. The number of hydrogen-bond acceptors (Lipinski definition) is 3. The molecule has 1 N–H and O–H groups in total. The van der Waals surface area contributed by atoms with E-state index in [1.807, 2.05) is 46.2 Å². The van der Waals surface area contributed by atoms with E-state index < -0.39 is 0 Å². The molecule has 2 heterocycles. The molecule has 28 heavy (non-hydrogen) atoms. The van der Waals surface area contributed by atoms with E-state index in [0.29, 0.717) is 18.7 Å². The summed E-state index contributed by atoms with van der Waals surface area (Å²) < 4.78 is 0. The van der Waals surface area contributed by atoms with Gasteiger partial charge in [0, 0.05) is 31.7 Å². The molecule has 2 aromatic rings. The van der Waals surface area contributed by atoms with Crippen LogP contribution in [0, 0.1) is 5.92 Å². The zero-order valence-corrected chi connectivity index (χ0v) is 16.0. The molecule has 2 aliphatic heterocycles. The summed E-state index contributed by atoms with van der Waals surface area (Å²) in [6, 6.07) is 14.5. The Balaban J connectivity index is 1.48. The van der Waals surface area contributed by atoms with Crippen LogP contribution in [0.25, 0.3) is 11.1 Å². The average molecular weight is 378 g/mol. The van der Waals surface area contributed by atoms with Crippen molar-refractivity contribution in [3.05, 3.63) is 54.1 Å². The quantitative estimate of drug-likeness (QED) is 0.889. The second-order valence-corrected chi connectivity index (χ2v) is 7.75. The lowest BCUT2D eigenvalue weighted by Crippen LogP contribution is -2.46. The molecule has 4 rings (SSSR count). The van der Waals surface area contributed by atoms with E-state index in [1.54, 1.807) is 12.1 Å². The Hall–Kier alpha value is -2.82. The summed E-state index contributed by atoms with van der Waals surface area (Å²) >= 11 is 0. The van der Waals surface area contributed by atoms with Crippen LogP contribution in [0.4, 0.5) is 0 Å². The van der Waals surface area contributed by atoms with Gasteiger partial charge in [0.05, 0.1) is 5.92 Å². The first-order chi connectivity index (χ1) is 13.6. The highest BCUT2D eigenvalue weighted by Gasteiger charge is 2.32. The van der Waals surface area contributed by atoms with Crippen molar-refractivity contribution in [1.82, 2.24) is 9.80 Å². The number of carbonyl (C=O) groups is 2. The topological polar surface area (TPSA) is 60.9 Å². The lowest BCUT2D eigenvalue weighted by Gasteiger charge is -2.34. The van der Waals surface area contributed by atoms with Gasteiger partial charge in [-0.25, -0.2) is 0 Å². The van der Waals surface area contributed by atoms with Gasteiger partial charge in [0.25, 0.3) is 5.91 Å². The van der Waals surface area contributed by atoms with Gasteiger partial charge in [-0.05, 0) is 61.1 Å². The van der Waals surface area contributed by atoms with Gasteiger partial charge in [-0.1, -0.05) is 24.3 Å². The zero-order chi connectivity index (χ0) is 19.5. The third-order valence-electron chi connectivity index (χ3n) is 5.79. The second kappa shape index (κ2) is 8.05. The van der Waals surface area contributed by atoms with Crippen LogP contribution in [0.15, 0.2) is 48.5 Å².